The summed E-state index contributed by atoms with van der Waals surface area (Å²) in [6.45, 7) is 0.816. The van der Waals surface area contributed by atoms with Gasteiger partial charge in [0.15, 0.2) is 11.4 Å². The zero-order valence-corrected chi connectivity index (χ0v) is 13.6. The first-order valence-corrected chi connectivity index (χ1v) is 8.56. The molecule has 1 aliphatic heterocycles. The van der Waals surface area contributed by atoms with Gasteiger partial charge in [0.05, 0.1) is 17.1 Å². The molecule has 1 unspecified atom stereocenters. The van der Waals surface area contributed by atoms with E-state index >= 15 is 0 Å². The molecule has 0 spiro atoms. The van der Waals surface area contributed by atoms with Crippen molar-refractivity contribution in [3.63, 3.8) is 0 Å². The molecular formula is C19H17FN4O. The van der Waals surface area contributed by atoms with Gasteiger partial charge in [0.2, 0.25) is 0 Å². The highest BCUT2D eigenvalue weighted by Gasteiger charge is 2.30. The van der Waals surface area contributed by atoms with E-state index in [1.165, 1.54) is 6.07 Å². The van der Waals surface area contributed by atoms with Crippen LogP contribution in [0.2, 0.25) is 0 Å². The van der Waals surface area contributed by atoms with E-state index in [1.807, 2.05) is 24.3 Å². The van der Waals surface area contributed by atoms with Crippen molar-refractivity contribution in [2.24, 2.45) is 0 Å². The van der Waals surface area contributed by atoms with Crippen molar-refractivity contribution in [3.8, 4) is 0 Å². The third-order valence-corrected chi connectivity index (χ3v) is 4.83. The third-order valence-electron chi connectivity index (χ3n) is 4.83. The number of hydrogen-bond acceptors (Lipinski definition) is 4. The van der Waals surface area contributed by atoms with Crippen LogP contribution in [0.3, 0.4) is 0 Å². The Hall–Kier alpha value is -2.89. The van der Waals surface area contributed by atoms with Crippen LogP contribution in [0, 0.1) is 5.82 Å². The summed E-state index contributed by atoms with van der Waals surface area (Å²) in [6.07, 6.45) is 3.13. The number of aromatic amines is 1. The highest BCUT2D eigenvalue weighted by molar-refractivity contribution is 5.76. The molecule has 126 valence electrons. The van der Waals surface area contributed by atoms with Crippen LogP contribution in [0.5, 0.6) is 0 Å². The number of halogens is 1. The zero-order valence-electron chi connectivity index (χ0n) is 13.6. The Morgan fingerprint density at radius 2 is 2.00 bits per heavy atom. The standard InChI is InChI=1S/C19H17FN4O/c20-12-6-5-10-16-17(12)23-19(25-16)24-11-4-3-9-15(24)18-21-13-7-1-2-8-14(13)22-18/h1-2,5-8,10,15H,3-4,9,11H2,(H,21,22). The van der Waals surface area contributed by atoms with Gasteiger partial charge in [-0.25, -0.2) is 9.37 Å². The zero-order chi connectivity index (χ0) is 16.8. The molecule has 6 heteroatoms. The molecule has 4 aromatic rings. The summed E-state index contributed by atoms with van der Waals surface area (Å²) >= 11 is 0. The van der Waals surface area contributed by atoms with E-state index < -0.39 is 0 Å². The summed E-state index contributed by atoms with van der Waals surface area (Å²) in [7, 11) is 0. The number of piperidine rings is 1. The fourth-order valence-corrected chi connectivity index (χ4v) is 3.60. The number of rotatable bonds is 2. The van der Waals surface area contributed by atoms with Crippen molar-refractivity contribution >= 4 is 28.1 Å². The van der Waals surface area contributed by atoms with Crippen molar-refractivity contribution in [3.05, 3.63) is 54.1 Å². The molecule has 0 aliphatic carbocycles. The van der Waals surface area contributed by atoms with Gasteiger partial charge < -0.3 is 14.3 Å². The van der Waals surface area contributed by atoms with Crippen molar-refractivity contribution in [1.29, 1.82) is 0 Å². The Kier molecular flexibility index (Phi) is 3.23. The molecule has 5 nitrogen and oxygen atoms in total. The van der Waals surface area contributed by atoms with Gasteiger partial charge in [0, 0.05) is 6.54 Å². The number of imidazole rings is 1. The Morgan fingerprint density at radius 3 is 2.88 bits per heavy atom. The highest BCUT2D eigenvalue weighted by Crippen LogP contribution is 2.35. The number of anilines is 1. The molecule has 0 radical (unpaired) electrons. The lowest BCUT2D eigenvalue weighted by molar-refractivity contribution is 0.423. The molecule has 1 fully saturated rings. The molecular weight excluding hydrogens is 319 g/mol. The molecule has 0 bridgehead atoms. The minimum atomic E-state index is -0.357. The number of hydrogen-bond donors (Lipinski definition) is 1. The Labute approximate surface area is 143 Å². The maximum Gasteiger partial charge on any atom is 0.299 e. The summed E-state index contributed by atoms with van der Waals surface area (Å²) in [4.78, 5) is 14.7. The van der Waals surface area contributed by atoms with E-state index in [0.717, 1.165) is 42.7 Å². The normalized spacial score (nSPS) is 18.3. The second kappa shape index (κ2) is 5.58. The lowest BCUT2D eigenvalue weighted by Crippen LogP contribution is -2.34. The quantitative estimate of drug-likeness (QED) is 0.582. The second-order valence-corrected chi connectivity index (χ2v) is 6.43. The number of H-pyrrole nitrogens is 1. The predicted octanol–water partition coefficient (Wildman–Crippen LogP) is 4.57. The SMILES string of the molecule is Fc1cccc2oc(N3CCCCC3c3nc4ccccc4[nH]3)nc12. The van der Waals surface area contributed by atoms with Crippen LogP contribution >= 0.6 is 0 Å². The average molecular weight is 336 g/mol. The fourth-order valence-electron chi connectivity index (χ4n) is 3.60. The first kappa shape index (κ1) is 14.5. The predicted molar refractivity (Wildman–Crippen MR) is 94.0 cm³/mol. The molecule has 1 aliphatic rings. The van der Waals surface area contributed by atoms with Gasteiger partial charge in [0.25, 0.3) is 6.01 Å². The smallest absolute Gasteiger partial charge is 0.299 e. The van der Waals surface area contributed by atoms with Gasteiger partial charge in [-0.2, -0.15) is 4.98 Å². The lowest BCUT2D eigenvalue weighted by Gasteiger charge is -2.33. The summed E-state index contributed by atoms with van der Waals surface area (Å²) in [5.41, 5.74) is 2.73. The highest BCUT2D eigenvalue weighted by atomic mass is 19.1. The van der Waals surface area contributed by atoms with Crippen LogP contribution in [0.1, 0.15) is 31.1 Å². The van der Waals surface area contributed by atoms with Crippen molar-refractivity contribution in [2.75, 3.05) is 11.4 Å². The summed E-state index contributed by atoms with van der Waals surface area (Å²) < 4.78 is 19.8. The topological polar surface area (TPSA) is 58.0 Å². The second-order valence-electron chi connectivity index (χ2n) is 6.43. The Morgan fingerprint density at radius 1 is 1.08 bits per heavy atom. The molecule has 5 rings (SSSR count). The maximum atomic E-state index is 14.0. The van der Waals surface area contributed by atoms with Crippen LogP contribution in [0.4, 0.5) is 10.4 Å². The summed E-state index contributed by atoms with van der Waals surface area (Å²) in [5.74, 6) is 0.549. The number of nitrogens with one attached hydrogen (secondary N) is 1. The van der Waals surface area contributed by atoms with E-state index in [2.05, 4.69) is 14.9 Å². The van der Waals surface area contributed by atoms with Gasteiger partial charge in [-0.1, -0.05) is 18.2 Å². The van der Waals surface area contributed by atoms with Crippen LogP contribution in [-0.2, 0) is 0 Å². The van der Waals surface area contributed by atoms with Gasteiger partial charge in [-0.05, 0) is 43.5 Å². The minimum Gasteiger partial charge on any atom is -0.423 e. The Bertz CT molecular complexity index is 1020. The van der Waals surface area contributed by atoms with Crippen LogP contribution in [0.15, 0.2) is 46.9 Å². The Balaban J connectivity index is 1.58. The molecule has 1 N–H and O–H groups in total. The summed E-state index contributed by atoms with van der Waals surface area (Å²) in [6, 6.07) is 13.3. The summed E-state index contributed by atoms with van der Waals surface area (Å²) in [5, 5.41) is 0. The molecule has 0 amide bonds. The van der Waals surface area contributed by atoms with Crippen LogP contribution < -0.4 is 4.90 Å². The van der Waals surface area contributed by atoms with Gasteiger partial charge in [0.1, 0.15) is 11.3 Å². The average Bonchev–Trinajstić information content (AvgIpc) is 3.26. The largest absolute Gasteiger partial charge is 0.423 e. The van der Waals surface area contributed by atoms with Gasteiger partial charge in [-0.3, -0.25) is 0 Å². The molecule has 3 heterocycles. The van der Waals surface area contributed by atoms with Crippen molar-refractivity contribution < 1.29 is 8.81 Å². The minimum absolute atomic E-state index is 0.0530. The van der Waals surface area contributed by atoms with E-state index in [1.54, 1.807) is 12.1 Å². The molecule has 1 atom stereocenters. The van der Waals surface area contributed by atoms with E-state index in [4.69, 9.17) is 9.40 Å². The third kappa shape index (κ3) is 2.36. The first-order valence-electron chi connectivity index (χ1n) is 8.56. The monoisotopic (exact) mass is 336 g/mol. The van der Waals surface area contributed by atoms with E-state index in [0.29, 0.717) is 11.6 Å². The molecule has 2 aromatic carbocycles. The number of fused-ring (bicyclic) bond motifs is 2. The number of nitrogens with zero attached hydrogens (tertiary/aromatic N) is 3. The van der Waals surface area contributed by atoms with Crippen molar-refractivity contribution in [2.45, 2.75) is 25.3 Å². The molecule has 0 saturated carbocycles. The van der Waals surface area contributed by atoms with Crippen molar-refractivity contribution in [1.82, 2.24) is 15.0 Å². The number of aromatic nitrogens is 3. The maximum absolute atomic E-state index is 14.0. The molecule has 1 saturated heterocycles. The van der Waals surface area contributed by atoms with Gasteiger partial charge in [-0.15, -0.1) is 0 Å². The molecule has 25 heavy (non-hydrogen) atoms. The fraction of sp³-hybridized carbons (Fsp3) is 0.263. The number of oxazole rings is 1. The van der Waals surface area contributed by atoms with Crippen LogP contribution in [-0.4, -0.2) is 21.5 Å². The van der Waals surface area contributed by atoms with E-state index in [9.17, 15) is 4.39 Å². The number of para-hydroxylation sites is 3. The van der Waals surface area contributed by atoms with Crippen LogP contribution in [0.25, 0.3) is 22.1 Å². The van der Waals surface area contributed by atoms with E-state index in [-0.39, 0.29) is 17.4 Å². The van der Waals surface area contributed by atoms with Gasteiger partial charge >= 0.3 is 0 Å². The lowest BCUT2D eigenvalue weighted by atomic mass is 10.0. The first-order chi connectivity index (χ1) is 12.3. The molecule has 2 aromatic heterocycles. The number of benzene rings is 2.